The van der Waals surface area contributed by atoms with Crippen LogP contribution in [0.2, 0.25) is 0 Å². The van der Waals surface area contributed by atoms with Crippen LogP contribution in [0.15, 0.2) is 29.1 Å². The van der Waals surface area contributed by atoms with Gasteiger partial charge >= 0.3 is 6.03 Å². The number of hydrogen-bond donors (Lipinski definition) is 3. The van der Waals surface area contributed by atoms with E-state index in [-0.39, 0.29) is 12.1 Å². The molecular formula is C19H20N6OS2. The summed E-state index contributed by atoms with van der Waals surface area (Å²) >= 11 is 3.16. The van der Waals surface area contributed by atoms with Crippen LogP contribution < -0.4 is 10.6 Å². The Labute approximate surface area is 170 Å². The number of aromatic nitrogens is 4. The zero-order chi connectivity index (χ0) is 19.7. The fourth-order valence-electron chi connectivity index (χ4n) is 2.82. The van der Waals surface area contributed by atoms with Gasteiger partial charge in [0.1, 0.15) is 16.5 Å². The molecule has 0 unspecified atom stereocenters. The molecule has 9 heteroatoms. The van der Waals surface area contributed by atoms with Crippen molar-refractivity contribution in [2.24, 2.45) is 0 Å². The van der Waals surface area contributed by atoms with Crippen molar-refractivity contribution >= 4 is 38.9 Å². The number of H-pyrrole nitrogens is 1. The Morgan fingerprint density at radius 3 is 2.86 bits per heavy atom. The number of aromatic amines is 1. The van der Waals surface area contributed by atoms with Crippen molar-refractivity contribution in [3.63, 3.8) is 0 Å². The first kappa shape index (κ1) is 18.6. The van der Waals surface area contributed by atoms with Gasteiger partial charge in [-0.25, -0.2) is 19.7 Å². The van der Waals surface area contributed by atoms with Crippen molar-refractivity contribution in [2.75, 3.05) is 0 Å². The number of nitrogens with one attached hydrogen (secondary N) is 3. The van der Waals surface area contributed by atoms with Gasteiger partial charge in [-0.15, -0.1) is 22.7 Å². The second kappa shape index (κ2) is 7.69. The van der Waals surface area contributed by atoms with Crippen LogP contribution >= 0.6 is 22.7 Å². The molecule has 28 heavy (non-hydrogen) atoms. The maximum atomic E-state index is 11.9. The van der Waals surface area contributed by atoms with Crippen LogP contribution in [0.1, 0.15) is 25.4 Å². The van der Waals surface area contributed by atoms with E-state index in [0.29, 0.717) is 12.4 Å². The second-order valence-corrected chi connectivity index (χ2v) is 8.46. The number of carbonyl (C=O) groups excluding carboxylic acids is 1. The molecule has 0 bridgehead atoms. The van der Waals surface area contributed by atoms with E-state index < -0.39 is 0 Å². The molecule has 3 aromatic heterocycles. The van der Waals surface area contributed by atoms with Crippen molar-refractivity contribution in [1.29, 1.82) is 0 Å². The van der Waals surface area contributed by atoms with Gasteiger partial charge in [0.15, 0.2) is 0 Å². The van der Waals surface area contributed by atoms with Crippen LogP contribution in [-0.2, 0) is 6.54 Å². The van der Waals surface area contributed by atoms with E-state index in [0.717, 1.165) is 37.9 Å². The van der Waals surface area contributed by atoms with E-state index in [1.165, 1.54) is 0 Å². The molecule has 0 fully saturated rings. The Bertz CT molecular complexity index is 1130. The molecule has 0 saturated heterocycles. The molecule has 0 aliphatic heterocycles. The number of benzene rings is 1. The van der Waals surface area contributed by atoms with Gasteiger partial charge in [0, 0.05) is 22.7 Å². The first-order valence-corrected chi connectivity index (χ1v) is 10.6. The molecule has 2 amide bonds. The number of carbonyl (C=O) groups is 1. The van der Waals surface area contributed by atoms with Crippen LogP contribution in [0, 0.1) is 6.92 Å². The summed E-state index contributed by atoms with van der Waals surface area (Å²) in [5.41, 5.74) is 6.49. The van der Waals surface area contributed by atoms with E-state index in [1.54, 1.807) is 22.7 Å². The highest BCUT2D eigenvalue weighted by Gasteiger charge is 2.18. The zero-order valence-electron chi connectivity index (χ0n) is 15.7. The number of amides is 2. The summed E-state index contributed by atoms with van der Waals surface area (Å²) in [6, 6.07) is 6.00. The summed E-state index contributed by atoms with van der Waals surface area (Å²) < 4.78 is 1.12. The van der Waals surface area contributed by atoms with Gasteiger partial charge in [0.25, 0.3) is 0 Å². The number of fused-ring (bicyclic) bond motifs is 1. The van der Waals surface area contributed by atoms with Gasteiger partial charge in [-0.3, -0.25) is 0 Å². The van der Waals surface area contributed by atoms with E-state index in [4.69, 9.17) is 4.98 Å². The van der Waals surface area contributed by atoms with Crippen LogP contribution in [0.3, 0.4) is 0 Å². The number of rotatable bonds is 5. The Kier molecular flexibility index (Phi) is 5.10. The number of urea groups is 1. The topological polar surface area (TPSA) is 95.6 Å². The average Bonchev–Trinajstić information content (AvgIpc) is 3.37. The standard InChI is InChI=1S/C19H20N6OS2/c1-10(2)22-19(26)20-7-15-24-16(17(25-15)18-23-11(3)8-27-18)12-4-5-13-14(6-12)28-9-21-13/h4-6,8-10H,7H2,1-3H3,(H,24,25)(H2,20,22,26). The number of aryl methyl sites for hydroxylation is 1. The van der Waals surface area contributed by atoms with Crippen molar-refractivity contribution in [1.82, 2.24) is 30.6 Å². The lowest BCUT2D eigenvalue weighted by atomic mass is 10.1. The highest BCUT2D eigenvalue weighted by Crippen LogP contribution is 2.34. The summed E-state index contributed by atoms with van der Waals surface area (Å²) in [6.45, 7) is 6.11. The molecule has 0 radical (unpaired) electrons. The van der Waals surface area contributed by atoms with Gasteiger partial charge in [0.2, 0.25) is 0 Å². The van der Waals surface area contributed by atoms with E-state index in [9.17, 15) is 4.79 Å². The summed E-state index contributed by atoms with van der Waals surface area (Å²) in [4.78, 5) is 28.9. The normalized spacial score (nSPS) is 11.3. The average molecular weight is 413 g/mol. The quantitative estimate of drug-likeness (QED) is 0.455. The van der Waals surface area contributed by atoms with Crippen molar-refractivity contribution in [3.05, 3.63) is 40.6 Å². The third-order valence-corrected chi connectivity index (χ3v) is 5.79. The molecule has 3 heterocycles. The minimum Gasteiger partial charge on any atom is -0.340 e. The van der Waals surface area contributed by atoms with Crippen molar-refractivity contribution in [2.45, 2.75) is 33.4 Å². The van der Waals surface area contributed by atoms with Gasteiger partial charge in [-0.05, 0) is 32.9 Å². The van der Waals surface area contributed by atoms with Crippen molar-refractivity contribution in [3.8, 4) is 22.0 Å². The second-order valence-electron chi connectivity index (χ2n) is 6.72. The molecule has 0 saturated carbocycles. The van der Waals surface area contributed by atoms with Crippen molar-refractivity contribution < 1.29 is 4.79 Å². The SMILES string of the molecule is Cc1csc(-c2nc(CNC(=O)NC(C)C)[nH]c2-c2ccc3ncsc3c2)n1. The molecule has 0 aliphatic carbocycles. The summed E-state index contributed by atoms with van der Waals surface area (Å²) in [6.07, 6.45) is 0. The maximum Gasteiger partial charge on any atom is 0.315 e. The van der Waals surface area contributed by atoms with E-state index in [2.05, 4.69) is 31.7 Å². The third-order valence-electron chi connectivity index (χ3n) is 4.03. The van der Waals surface area contributed by atoms with E-state index >= 15 is 0 Å². The summed E-state index contributed by atoms with van der Waals surface area (Å²) in [5.74, 6) is 0.682. The number of thiazole rings is 2. The Balaban J connectivity index is 1.69. The fraction of sp³-hybridized carbons (Fsp3) is 0.263. The minimum atomic E-state index is -0.217. The molecule has 3 N–H and O–H groups in total. The fourth-order valence-corrected chi connectivity index (χ4v) is 4.33. The maximum absolute atomic E-state index is 11.9. The first-order valence-electron chi connectivity index (χ1n) is 8.89. The van der Waals surface area contributed by atoms with Gasteiger partial charge in [0.05, 0.1) is 28.0 Å². The highest BCUT2D eigenvalue weighted by molar-refractivity contribution is 7.16. The van der Waals surface area contributed by atoms with Gasteiger partial charge in [-0.1, -0.05) is 6.07 Å². The van der Waals surface area contributed by atoms with Gasteiger partial charge < -0.3 is 15.6 Å². The van der Waals surface area contributed by atoms with Crippen LogP contribution in [0.4, 0.5) is 4.79 Å². The molecular weight excluding hydrogens is 392 g/mol. The lowest BCUT2D eigenvalue weighted by Crippen LogP contribution is -2.39. The predicted octanol–water partition coefficient (Wildman–Crippen LogP) is 4.33. The number of imidazole rings is 1. The molecule has 4 rings (SSSR count). The van der Waals surface area contributed by atoms with Crippen LogP contribution in [0.25, 0.3) is 32.2 Å². The monoisotopic (exact) mass is 412 g/mol. The third kappa shape index (κ3) is 3.90. The zero-order valence-corrected chi connectivity index (χ0v) is 17.4. The predicted molar refractivity (Wildman–Crippen MR) is 114 cm³/mol. The molecule has 0 spiro atoms. The lowest BCUT2D eigenvalue weighted by molar-refractivity contribution is 0.238. The summed E-state index contributed by atoms with van der Waals surface area (Å²) in [7, 11) is 0. The molecule has 4 aromatic rings. The first-order chi connectivity index (χ1) is 13.5. The molecule has 1 aromatic carbocycles. The smallest absolute Gasteiger partial charge is 0.315 e. The lowest BCUT2D eigenvalue weighted by Gasteiger charge is -2.08. The Morgan fingerprint density at radius 2 is 2.11 bits per heavy atom. The van der Waals surface area contributed by atoms with E-state index in [1.807, 2.05) is 43.8 Å². The minimum absolute atomic E-state index is 0.0761. The number of hydrogen-bond acceptors (Lipinski definition) is 6. The largest absolute Gasteiger partial charge is 0.340 e. The highest BCUT2D eigenvalue weighted by atomic mass is 32.1. The summed E-state index contributed by atoms with van der Waals surface area (Å²) in [5, 5.41) is 8.51. The Morgan fingerprint density at radius 1 is 1.25 bits per heavy atom. The van der Waals surface area contributed by atoms with Gasteiger partial charge in [-0.2, -0.15) is 0 Å². The molecule has 0 atom stereocenters. The Hall–Kier alpha value is -2.78. The van der Waals surface area contributed by atoms with Crippen LogP contribution in [0.5, 0.6) is 0 Å². The molecule has 144 valence electrons. The molecule has 7 nitrogen and oxygen atoms in total. The molecule has 0 aliphatic rings. The number of nitrogens with zero attached hydrogens (tertiary/aromatic N) is 3. The van der Waals surface area contributed by atoms with Crippen LogP contribution in [-0.4, -0.2) is 32.0 Å².